The predicted molar refractivity (Wildman–Crippen MR) is 83.2 cm³/mol. The van der Waals surface area contributed by atoms with E-state index in [1.165, 1.54) is 0 Å². The van der Waals surface area contributed by atoms with Crippen LogP contribution in [0.25, 0.3) is 0 Å². The number of nitrogens with zero attached hydrogens (tertiary/aromatic N) is 1. The number of nitrogen functional groups attached to an aromatic ring is 1. The molecule has 0 unspecified atom stereocenters. The Morgan fingerprint density at radius 2 is 2.11 bits per heavy atom. The maximum absolute atomic E-state index is 12.1. The second kappa shape index (κ2) is 5.71. The van der Waals surface area contributed by atoms with Gasteiger partial charge >= 0.3 is 0 Å². The van der Waals surface area contributed by atoms with Crippen molar-refractivity contribution in [1.29, 1.82) is 0 Å². The van der Waals surface area contributed by atoms with E-state index in [-0.39, 0.29) is 5.91 Å². The number of aromatic nitrogens is 1. The van der Waals surface area contributed by atoms with Gasteiger partial charge in [0.1, 0.15) is 5.82 Å². The minimum Gasteiger partial charge on any atom is -0.398 e. The minimum atomic E-state index is -0.256. The summed E-state index contributed by atoms with van der Waals surface area (Å²) in [5.41, 5.74) is 7.74. The Bertz CT molecular complexity index is 644. The third-order valence-corrected chi connectivity index (χ3v) is 4.28. The first-order valence-corrected chi connectivity index (χ1v) is 7.05. The predicted octanol–water partition coefficient (Wildman–Crippen LogP) is 3.75. The smallest absolute Gasteiger partial charge is 0.258 e. The molecule has 1 amide bonds. The second-order valence-electron chi connectivity index (χ2n) is 3.98. The van der Waals surface area contributed by atoms with Crippen LogP contribution in [0.1, 0.15) is 15.9 Å². The van der Waals surface area contributed by atoms with Gasteiger partial charge in [-0.1, -0.05) is 6.07 Å². The van der Waals surface area contributed by atoms with E-state index in [0.717, 1.165) is 10.0 Å². The molecule has 0 saturated carbocycles. The van der Waals surface area contributed by atoms with Gasteiger partial charge in [-0.25, -0.2) is 4.98 Å². The van der Waals surface area contributed by atoms with Gasteiger partial charge in [0.2, 0.25) is 0 Å². The Morgan fingerprint density at radius 3 is 2.79 bits per heavy atom. The highest BCUT2D eigenvalue weighted by atomic mass is 79.9. The average Bonchev–Trinajstić information content (AvgIpc) is 2.37. The molecule has 19 heavy (non-hydrogen) atoms. The van der Waals surface area contributed by atoms with E-state index < -0.39 is 0 Å². The van der Waals surface area contributed by atoms with E-state index >= 15 is 0 Å². The molecule has 0 spiro atoms. The highest BCUT2D eigenvalue weighted by Crippen LogP contribution is 2.25. The summed E-state index contributed by atoms with van der Waals surface area (Å²) in [6.45, 7) is 1.93. The topological polar surface area (TPSA) is 68.0 Å². The lowest BCUT2D eigenvalue weighted by molar-refractivity contribution is 0.102. The largest absolute Gasteiger partial charge is 0.398 e. The molecule has 0 aliphatic heterocycles. The number of benzene rings is 1. The first-order chi connectivity index (χ1) is 8.99. The number of nitrogens with one attached hydrogen (secondary N) is 1. The van der Waals surface area contributed by atoms with Gasteiger partial charge in [-0.15, -0.1) is 0 Å². The summed E-state index contributed by atoms with van der Waals surface area (Å²) < 4.78 is 1.48. The van der Waals surface area contributed by atoms with Crippen LogP contribution in [0.2, 0.25) is 0 Å². The zero-order chi connectivity index (χ0) is 14.0. The lowest BCUT2D eigenvalue weighted by atomic mass is 10.2. The van der Waals surface area contributed by atoms with Crippen molar-refractivity contribution in [1.82, 2.24) is 4.98 Å². The lowest BCUT2D eigenvalue weighted by Crippen LogP contribution is -2.14. The SMILES string of the molecule is Cc1cc(NC(=O)c2cccc(N)c2Br)ncc1Br. The number of rotatable bonds is 2. The third kappa shape index (κ3) is 3.13. The van der Waals surface area contributed by atoms with E-state index in [4.69, 9.17) is 5.73 Å². The maximum atomic E-state index is 12.1. The van der Waals surface area contributed by atoms with Crippen LogP contribution in [0, 0.1) is 6.92 Å². The van der Waals surface area contributed by atoms with Crippen molar-refractivity contribution in [3.8, 4) is 0 Å². The van der Waals surface area contributed by atoms with Crippen LogP contribution in [0.3, 0.4) is 0 Å². The second-order valence-corrected chi connectivity index (χ2v) is 5.63. The summed E-state index contributed by atoms with van der Waals surface area (Å²) in [4.78, 5) is 16.3. The van der Waals surface area contributed by atoms with Crippen molar-refractivity contribution in [3.63, 3.8) is 0 Å². The monoisotopic (exact) mass is 383 g/mol. The van der Waals surface area contributed by atoms with Gasteiger partial charge in [-0.3, -0.25) is 4.79 Å². The number of anilines is 2. The van der Waals surface area contributed by atoms with Gasteiger partial charge in [0, 0.05) is 16.4 Å². The number of nitrogens with two attached hydrogens (primary N) is 1. The fourth-order valence-corrected chi connectivity index (χ4v) is 2.18. The van der Waals surface area contributed by atoms with Crippen molar-refractivity contribution in [2.75, 3.05) is 11.1 Å². The molecule has 0 atom stereocenters. The molecule has 0 radical (unpaired) electrons. The van der Waals surface area contributed by atoms with Crippen molar-refractivity contribution in [3.05, 3.63) is 50.5 Å². The van der Waals surface area contributed by atoms with Crippen molar-refractivity contribution >= 4 is 49.3 Å². The molecule has 0 fully saturated rings. The van der Waals surface area contributed by atoms with Crippen molar-refractivity contribution < 1.29 is 4.79 Å². The zero-order valence-corrected chi connectivity index (χ0v) is 13.2. The normalized spacial score (nSPS) is 10.3. The fraction of sp³-hybridized carbons (Fsp3) is 0.0769. The molecule has 0 aliphatic carbocycles. The molecule has 0 aliphatic rings. The Balaban J connectivity index is 2.26. The number of pyridine rings is 1. The Morgan fingerprint density at radius 1 is 1.37 bits per heavy atom. The van der Waals surface area contributed by atoms with E-state index in [1.54, 1.807) is 30.5 Å². The molecule has 4 nitrogen and oxygen atoms in total. The Kier molecular flexibility index (Phi) is 4.21. The van der Waals surface area contributed by atoms with Gasteiger partial charge in [0.15, 0.2) is 0 Å². The molecule has 2 rings (SSSR count). The Labute approximate surface area is 127 Å². The summed E-state index contributed by atoms with van der Waals surface area (Å²) in [6.07, 6.45) is 1.65. The van der Waals surface area contributed by atoms with Crippen LogP contribution < -0.4 is 11.1 Å². The summed E-state index contributed by atoms with van der Waals surface area (Å²) in [6, 6.07) is 6.95. The lowest BCUT2D eigenvalue weighted by Gasteiger charge is -2.08. The third-order valence-electron chi connectivity index (χ3n) is 2.56. The summed E-state index contributed by atoms with van der Waals surface area (Å²) in [7, 11) is 0. The molecule has 6 heteroatoms. The number of hydrogen-bond acceptors (Lipinski definition) is 3. The quantitative estimate of drug-likeness (QED) is 0.774. The molecule has 1 aromatic heterocycles. The van der Waals surface area contributed by atoms with Gasteiger partial charge in [-0.2, -0.15) is 0 Å². The molecule has 3 N–H and O–H groups in total. The molecule has 1 heterocycles. The summed E-state index contributed by atoms with van der Waals surface area (Å²) in [5.74, 6) is 0.244. The number of halogens is 2. The number of amides is 1. The van der Waals surface area contributed by atoms with Crippen LogP contribution in [0.15, 0.2) is 39.4 Å². The maximum Gasteiger partial charge on any atom is 0.258 e. The van der Waals surface area contributed by atoms with E-state index in [1.807, 2.05) is 6.92 Å². The highest BCUT2D eigenvalue weighted by molar-refractivity contribution is 9.11. The molecular formula is C13H11Br2N3O. The average molecular weight is 385 g/mol. The van der Waals surface area contributed by atoms with Crippen LogP contribution in [0.4, 0.5) is 11.5 Å². The molecule has 98 valence electrons. The van der Waals surface area contributed by atoms with E-state index in [9.17, 15) is 4.79 Å². The van der Waals surface area contributed by atoms with Crippen LogP contribution in [-0.4, -0.2) is 10.9 Å². The first-order valence-electron chi connectivity index (χ1n) is 5.46. The van der Waals surface area contributed by atoms with Gasteiger partial charge in [0.25, 0.3) is 5.91 Å². The number of hydrogen-bond donors (Lipinski definition) is 2. The molecule has 0 saturated heterocycles. The van der Waals surface area contributed by atoms with Crippen molar-refractivity contribution in [2.24, 2.45) is 0 Å². The zero-order valence-electron chi connectivity index (χ0n) is 10.1. The molecule has 0 bridgehead atoms. The van der Waals surface area contributed by atoms with Crippen LogP contribution in [0.5, 0.6) is 0 Å². The van der Waals surface area contributed by atoms with E-state index in [0.29, 0.717) is 21.5 Å². The highest BCUT2D eigenvalue weighted by Gasteiger charge is 2.12. The Hall–Kier alpha value is -1.40. The number of carbonyl (C=O) groups is 1. The molecule has 1 aromatic carbocycles. The fourth-order valence-electron chi connectivity index (χ4n) is 1.52. The summed E-state index contributed by atoms with van der Waals surface area (Å²) in [5, 5.41) is 2.74. The first kappa shape index (κ1) is 14.0. The van der Waals surface area contributed by atoms with Gasteiger partial charge in [0.05, 0.1) is 10.0 Å². The van der Waals surface area contributed by atoms with Crippen molar-refractivity contribution in [2.45, 2.75) is 6.92 Å². The van der Waals surface area contributed by atoms with Gasteiger partial charge < -0.3 is 11.1 Å². The molecular weight excluding hydrogens is 374 g/mol. The van der Waals surface area contributed by atoms with Gasteiger partial charge in [-0.05, 0) is 62.5 Å². The van der Waals surface area contributed by atoms with Crippen LogP contribution in [-0.2, 0) is 0 Å². The molecule has 2 aromatic rings. The van der Waals surface area contributed by atoms with Crippen LogP contribution >= 0.6 is 31.9 Å². The number of aryl methyl sites for hydroxylation is 1. The minimum absolute atomic E-state index is 0.256. The van der Waals surface area contributed by atoms with E-state index in [2.05, 4.69) is 42.2 Å². The summed E-state index contributed by atoms with van der Waals surface area (Å²) >= 11 is 6.67. The standard InChI is InChI=1S/C13H11Br2N3O/c1-7-5-11(17-6-9(7)14)18-13(19)8-3-2-4-10(16)12(8)15/h2-6H,16H2,1H3,(H,17,18,19). The number of carbonyl (C=O) groups excluding carboxylic acids is 1.